The van der Waals surface area contributed by atoms with E-state index in [1.165, 1.54) is 11.1 Å². The number of hydrogen-bond donors (Lipinski definition) is 1. The molecule has 15 heavy (non-hydrogen) atoms. The molecular weight excluding hydrogens is 186 g/mol. The molecule has 0 aliphatic rings. The number of imidazole rings is 1. The number of nitrogens with two attached hydrogens (primary N) is 1. The molecule has 2 N–H and O–H groups in total. The van der Waals surface area contributed by atoms with Crippen LogP contribution in [0.15, 0.2) is 36.7 Å². The number of hydrogen-bond acceptors (Lipinski definition) is 2. The third kappa shape index (κ3) is 2.25. The predicted molar refractivity (Wildman–Crippen MR) is 60.4 cm³/mol. The Morgan fingerprint density at radius 2 is 2.00 bits per heavy atom. The van der Waals surface area contributed by atoms with Gasteiger partial charge in [-0.1, -0.05) is 29.8 Å². The van der Waals surface area contributed by atoms with Gasteiger partial charge >= 0.3 is 0 Å². The third-order valence-electron chi connectivity index (χ3n) is 2.46. The molecule has 0 atom stereocenters. The SMILES string of the molecule is Cc1ccc(Cn2ccnc2CN)cc1. The molecule has 0 fully saturated rings. The zero-order valence-corrected chi connectivity index (χ0v) is 8.85. The molecule has 0 aliphatic heterocycles. The molecule has 1 heterocycles. The van der Waals surface area contributed by atoms with Crippen molar-refractivity contribution in [3.05, 3.63) is 53.6 Å². The van der Waals surface area contributed by atoms with E-state index in [1.54, 1.807) is 6.20 Å². The van der Waals surface area contributed by atoms with Crippen LogP contribution in [0.4, 0.5) is 0 Å². The number of benzene rings is 1. The van der Waals surface area contributed by atoms with Crippen molar-refractivity contribution in [2.45, 2.75) is 20.0 Å². The molecule has 0 saturated carbocycles. The summed E-state index contributed by atoms with van der Waals surface area (Å²) in [5.41, 5.74) is 8.14. The van der Waals surface area contributed by atoms with Crippen LogP contribution in [0.25, 0.3) is 0 Å². The standard InChI is InChI=1S/C12H15N3/c1-10-2-4-11(5-3-10)9-15-7-6-14-12(15)8-13/h2-7H,8-9,13H2,1H3. The highest BCUT2D eigenvalue weighted by atomic mass is 15.1. The Bertz CT molecular complexity index is 428. The summed E-state index contributed by atoms with van der Waals surface area (Å²) in [6.07, 6.45) is 3.75. The van der Waals surface area contributed by atoms with Crippen molar-refractivity contribution in [1.82, 2.24) is 9.55 Å². The molecule has 2 rings (SSSR count). The first-order valence-corrected chi connectivity index (χ1v) is 5.05. The van der Waals surface area contributed by atoms with Crippen LogP contribution in [0.2, 0.25) is 0 Å². The summed E-state index contributed by atoms with van der Waals surface area (Å²) in [5, 5.41) is 0. The molecule has 0 radical (unpaired) electrons. The normalized spacial score (nSPS) is 10.5. The van der Waals surface area contributed by atoms with Gasteiger partial charge in [0.25, 0.3) is 0 Å². The van der Waals surface area contributed by atoms with Gasteiger partial charge in [-0.15, -0.1) is 0 Å². The molecule has 0 saturated heterocycles. The van der Waals surface area contributed by atoms with Crippen molar-refractivity contribution in [1.29, 1.82) is 0 Å². The lowest BCUT2D eigenvalue weighted by Gasteiger charge is -2.06. The van der Waals surface area contributed by atoms with Gasteiger partial charge < -0.3 is 10.3 Å². The average molecular weight is 201 g/mol. The lowest BCUT2D eigenvalue weighted by atomic mass is 10.1. The molecule has 1 aromatic heterocycles. The summed E-state index contributed by atoms with van der Waals surface area (Å²) in [7, 11) is 0. The Labute approximate surface area is 89.6 Å². The zero-order valence-electron chi connectivity index (χ0n) is 8.85. The highest BCUT2D eigenvalue weighted by Crippen LogP contribution is 2.07. The van der Waals surface area contributed by atoms with Gasteiger partial charge in [0.15, 0.2) is 0 Å². The first-order chi connectivity index (χ1) is 7.29. The van der Waals surface area contributed by atoms with Gasteiger partial charge in [0.05, 0.1) is 6.54 Å². The fourth-order valence-corrected chi connectivity index (χ4v) is 1.56. The fourth-order valence-electron chi connectivity index (χ4n) is 1.56. The van der Waals surface area contributed by atoms with Crippen LogP contribution < -0.4 is 5.73 Å². The molecular formula is C12H15N3. The van der Waals surface area contributed by atoms with E-state index in [9.17, 15) is 0 Å². The summed E-state index contributed by atoms with van der Waals surface area (Å²) >= 11 is 0. The second-order valence-corrected chi connectivity index (χ2v) is 3.66. The average Bonchev–Trinajstić information content (AvgIpc) is 2.69. The van der Waals surface area contributed by atoms with Crippen LogP contribution in [0.5, 0.6) is 0 Å². The topological polar surface area (TPSA) is 43.8 Å². The minimum Gasteiger partial charge on any atom is -0.329 e. The largest absolute Gasteiger partial charge is 0.329 e. The monoisotopic (exact) mass is 201 g/mol. The zero-order chi connectivity index (χ0) is 10.7. The fraction of sp³-hybridized carbons (Fsp3) is 0.250. The van der Waals surface area contributed by atoms with Crippen LogP contribution in [-0.4, -0.2) is 9.55 Å². The van der Waals surface area contributed by atoms with Gasteiger partial charge in [0.1, 0.15) is 5.82 Å². The van der Waals surface area contributed by atoms with E-state index >= 15 is 0 Å². The third-order valence-corrected chi connectivity index (χ3v) is 2.46. The van der Waals surface area contributed by atoms with Gasteiger partial charge in [-0.25, -0.2) is 4.98 Å². The van der Waals surface area contributed by atoms with E-state index in [0.29, 0.717) is 6.54 Å². The van der Waals surface area contributed by atoms with E-state index in [-0.39, 0.29) is 0 Å². The smallest absolute Gasteiger partial charge is 0.122 e. The number of aromatic nitrogens is 2. The van der Waals surface area contributed by atoms with Crippen LogP contribution in [-0.2, 0) is 13.1 Å². The van der Waals surface area contributed by atoms with Gasteiger partial charge in [-0.3, -0.25) is 0 Å². The Kier molecular flexibility index (Phi) is 2.83. The maximum atomic E-state index is 5.59. The van der Waals surface area contributed by atoms with Crippen molar-refractivity contribution >= 4 is 0 Å². The molecule has 0 bridgehead atoms. The molecule has 0 amide bonds. The van der Waals surface area contributed by atoms with Crippen molar-refractivity contribution in [2.75, 3.05) is 0 Å². The highest BCUT2D eigenvalue weighted by molar-refractivity contribution is 5.21. The maximum absolute atomic E-state index is 5.59. The van der Waals surface area contributed by atoms with Crippen molar-refractivity contribution in [3.63, 3.8) is 0 Å². The minimum absolute atomic E-state index is 0.485. The lowest BCUT2D eigenvalue weighted by Crippen LogP contribution is -2.08. The Hall–Kier alpha value is -1.61. The molecule has 0 spiro atoms. The predicted octanol–water partition coefficient (Wildman–Crippen LogP) is 1.70. The Morgan fingerprint density at radius 1 is 1.27 bits per heavy atom. The molecule has 1 aromatic carbocycles. The number of aryl methyl sites for hydroxylation is 1. The maximum Gasteiger partial charge on any atom is 0.122 e. The van der Waals surface area contributed by atoms with E-state index in [1.807, 2.05) is 6.20 Å². The minimum atomic E-state index is 0.485. The molecule has 2 aromatic rings. The summed E-state index contributed by atoms with van der Waals surface area (Å²) in [4.78, 5) is 4.19. The molecule has 3 heteroatoms. The second kappa shape index (κ2) is 4.28. The van der Waals surface area contributed by atoms with Gasteiger partial charge in [-0.2, -0.15) is 0 Å². The van der Waals surface area contributed by atoms with Gasteiger partial charge in [0, 0.05) is 18.9 Å². The van der Waals surface area contributed by atoms with Crippen molar-refractivity contribution < 1.29 is 0 Å². The Balaban J connectivity index is 2.18. The van der Waals surface area contributed by atoms with Crippen LogP contribution in [0.1, 0.15) is 17.0 Å². The van der Waals surface area contributed by atoms with Gasteiger partial charge in [-0.05, 0) is 12.5 Å². The molecule has 78 valence electrons. The summed E-state index contributed by atoms with van der Waals surface area (Å²) in [6.45, 7) is 3.41. The molecule has 0 aliphatic carbocycles. The molecule has 0 unspecified atom stereocenters. The van der Waals surface area contributed by atoms with Crippen LogP contribution in [0.3, 0.4) is 0 Å². The van der Waals surface area contributed by atoms with Crippen LogP contribution >= 0.6 is 0 Å². The van der Waals surface area contributed by atoms with E-state index in [2.05, 4.69) is 40.7 Å². The summed E-state index contributed by atoms with van der Waals surface area (Å²) in [5.74, 6) is 0.926. The van der Waals surface area contributed by atoms with Gasteiger partial charge in [0.2, 0.25) is 0 Å². The quantitative estimate of drug-likeness (QED) is 0.821. The molecule has 3 nitrogen and oxygen atoms in total. The highest BCUT2D eigenvalue weighted by Gasteiger charge is 2.00. The number of nitrogens with zero attached hydrogens (tertiary/aromatic N) is 2. The first-order valence-electron chi connectivity index (χ1n) is 5.05. The van der Waals surface area contributed by atoms with Crippen molar-refractivity contribution in [3.8, 4) is 0 Å². The first kappa shape index (κ1) is 9.93. The van der Waals surface area contributed by atoms with Crippen molar-refractivity contribution in [2.24, 2.45) is 5.73 Å². The summed E-state index contributed by atoms with van der Waals surface area (Å²) < 4.78 is 2.07. The second-order valence-electron chi connectivity index (χ2n) is 3.66. The van der Waals surface area contributed by atoms with E-state index in [4.69, 9.17) is 5.73 Å². The Morgan fingerprint density at radius 3 is 2.67 bits per heavy atom. The van der Waals surface area contributed by atoms with E-state index < -0.39 is 0 Å². The van der Waals surface area contributed by atoms with Crippen LogP contribution in [0, 0.1) is 6.92 Å². The number of rotatable bonds is 3. The van der Waals surface area contributed by atoms with E-state index in [0.717, 1.165) is 12.4 Å². The summed E-state index contributed by atoms with van der Waals surface area (Å²) in [6, 6.07) is 8.51. The lowest BCUT2D eigenvalue weighted by molar-refractivity contribution is 0.724.